The molecular formula is C27H31N3O3S. The summed E-state index contributed by atoms with van der Waals surface area (Å²) in [6, 6.07) is 14.5. The Hall–Kier alpha value is -3.06. The second kappa shape index (κ2) is 9.29. The van der Waals surface area contributed by atoms with Crippen LogP contribution in [0.2, 0.25) is 0 Å². The third-order valence-electron chi connectivity index (χ3n) is 6.33. The number of thioether (sulfide) groups is 1. The maximum absolute atomic E-state index is 5.96. The molecule has 1 saturated carbocycles. The molecule has 0 spiro atoms. The van der Waals surface area contributed by atoms with Crippen LogP contribution in [0.15, 0.2) is 51.9 Å². The number of anilines is 1. The number of methoxy groups -OCH3 is 2. The molecule has 5 rings (SSSR count). The van der Waals surface area contributed by atoms with Gasteiger partial charge in [-0.1, -0.05) is 6.07 Å². The molecule has 7 heteroatoms. The van der Waals surface area contributed by atoms with Gasteiger partial charge in [-0.2, -0.15) is 5.10 Å². The number of aryl methyl sites for hydroxylation is 2. The van der Waals surface area contributed by atoms with Gasteiger partial charge in [0.25, 0.3) is 0 Å². The fraction of sp³-hybridized carbons (Fsp3) is 0.370. The average molecular weight is 478 g/mol. The molecule has 0 saturated heterocycles. The first kappa shape index (κ1) is 22.7. The first-order valence-electron chi connectivity index (χ1n) is 11.6. The van der Waals surface area contributed by atoms with E-state index in [9.17, 15) is 0 Å². The van der Waals surface area contributed by atoms with Gasteiger partial charge in [0, 0.05) is 6.54 Å². The van der Waals surface area contributed by atoms with Crippen molar-refractivity contribution in [3.63, 3.8) is 0 Å². The molecule has 1 aliphatic carbocycles. The Balaban J connectivity index is 1.68. The minimum atomic E-state index is 0.723. The number of benzene rings is 1. The highest BCUT2D eigenvalue weighted by molar-refractivity contribution is 7.98. The lowest BCUT2D eigenvalue weighted by atomic mass is 10.1. The average Bonchev–Trinajstić information content (AvgIpc) is 3.43. The van der Waals surface area contributed by atoms with Gasteiger partial charge in [-0.15, -0.1) is 11.8 Å². The van der Waals surface area contributed by atoms with Crippen molar-refractivity contribution >= 4 is 23.0 Å². The third kappa shape index (κ3) is 4.25. The van der Waals surface area contributed by atoms with Gasteiger partial charge in [0.1, 0.15) is 28.0 Å². The number of hydrogen-bond donors (Lipinski definition) is 0. The van der Waals surface area contributed by atoms with Crippen LogP contribution < -0.4 is 14.4 Å². The van der Waals surface area contributed by atoms with Gasteiger partial charge in [0.05, 0.1) is 43.2 Å². The number of nitrogens with zero attached hydrogens (tertiary/aromatic N) is 3. The van der Waals surface area contributed by atoms with Crippen LogP contribution in [0.4, 0.5) is 5.69 Å². The van der Waals surface area contributed by atoms with Crippen molar-refractivity contribution in [2.75, 3.05) is 31.9 Å². The van der Waals surface area contributed by atoms with Crippen LogP contribution in [0.25, 0.3) is 16.8 Å². The van der Waals surface area contributed by atoms with Crippen molar-refractivity contribution in [1.29, 1.82) is 0 Å². The molecule has 3 aromatic heterocycles. The Morgan fingerprint density at radius 1 is 1.09 bits per heavy atom. The number of hydrogen-bond acceptors (Lipinski definition) is 6. The van der Waals surface area contributed by atoms with Gasteiger partial charge in [0.2, 0.25) is 0 Å². The molecule has 1 fully saturated rings. The van der Waals surface area contributed by atoms with Crippen LogP contribution in [0.3, 0.4) is 0 Å². The van der Waals surface area contributed by atoms with E-state index in [1.165, 1.54) is 12.8 Å². The quantitative estimate of drug-likeness (QED) is 0.261. The molecule has 0 radical (unpaired) electrons. The zero-order valence-corrected chi connectivity index (χ0v) is 21.2. The van der Waals surface area contributed by atoms with Gasteiger partial charge in [-0.25, -0.2) is 4.52 Å². The number of ether oxygens (including phenoxy) is 2. The fourth-order valence-electron chi connectivity index (χ4n) is 4.56. The Labute approximate surface area is 204 Å². The smallest absolute Gasteiger partial charge is 0.142 e. The van der Waals surface area contributed by atoms with Crippen molar-refractivity contribution in [2.45, 2.75) is 38.3 Å². The molecule has 0 bridgehead atoms. The predicted molar refractivity (Wildman–Crippen MR) is 137 cm³/mol. The number of furan rings is 1. The Morgan fingerprint density at radius 3 is 2.41 bits per heavy atom. The van der Waals surface area contributed by atoms with Gasteiger partial charge in [-0.05, 0) is 80.8 Å². The highest BCUT2D eigenvalue weighted by Crippen LogP contribution is 2.43. The second-order valence-electron chi connectivity index (χ2n) is 8.95. The minimum absolute atomic E-state index is 0.723. The van der Waals surface area contributed by atoms with E-state index >= 15 is 0 Å². The van der Waals surface area contributed by atoms with E-state index in [1.54, 1.807) is 26.0 Å². The van der Waals surface area contributed by atoms with E-state index < -0.39 is 0 Å². The van der Waals surface area contributed by atoms with Crippen LogP contribution in [0.5, 0.6) is 11.5 Å². The molecule has 0 N–H and O–H groups in total. The molecule has 3 heterocycles. The number of rotatable bonds is 9. The molecule has 1 aliphatic rings. The van der Waals surface area contributed by atoms with E-state index in [1.807, 2.05) is 36.6 Å². The topological polar surface area (TPSA) is 52.1 Å². The van der Waals surface area contributed by atoms with Crippen molar-refractivity contribution in [1.82, 2.24) is 9.61 Å². The lowest BCUT2D eigenvalue weighted by Crippen LogP contribution is -2.25. The summed E-state index contributed by atoms with van der Waals surface area (Å²) in [6.45, 7) is 5.75. The SMILES string of the molecule is COc1cc(C)cc(OC)c1-c1cccc2c(N(Cc3ccc(C)o3)CC3CC3)c(SC)nn12. The third-order valence-corrected chi connectivity index (χ3v) is 7.00. The van der Waals surface area contributed by atoms with Crippen molar-refractivity contribution in [2.24, 2.45) is 5.92 Å². The Morgan fingerprint density at radius 2 is 1.82 bits per heavy atom. The molecule has 0 aliphatic heterocycles. The first-order chi connectivity index (χ1) is 16.5. The number of pyridine rings is 1. The summed E-state index contributed by atoms with van der Waals surface area (Å²) in [4.78, 5) is 2.44. The first-order valence-corrected chi connectivity index (χ1v) is 12.8. The van der Waals surface area contributed by atoms with Gasteiger partial charge in [0.15, 0.2) is 0 Å². The van der Waals surface area contributed by atoms with Crippen LogP contribution in [-0.2, 0) is 6.54 Å². The highest BCUT2D eigenvalue weighted by atomic mass is 32.2. The summed E-state index contributed by atoms with van der Waals surface area (Å²) in [5, 5.41) is 6.07. The van der Waals surface area contributed by atoms with Crippen LogP contribution in [-0.4, -0.2) is 36.6 Å². The Bertz CT molecular complexity index is 1300. The molecule has 178 valence electrons. The van der Waals surface area contributed by atoms with E-state index in [4.69, 9.17) is 19.0 Å². The monoisotopic (exact) mass is 477 g/mol. The fourth-order valence-corrected chi connectivity index (χ4v) is 5.15. The van der Waals surface area contributed by atoms with Crippen molar-refractivity contribution in [3.8, 4) is 22.8 Å². The normalized spacial score (nSPS) is 13.4. The molecule has 0 atom stereocenters. The van der Waals surface area contributed by atoms with Crippen molar-refractivity contribution < 1.29 is 13.9 Å². The van der Waals surface area contributed by atoms with Crippen LogP contribution >= 0.6 is 11.8 Å². The molecule has 6 nitrogen and oxygen atoms in total. The Kier molecular flexibility index (Phi) is 6.21. The summed E-state index contributed by atoms with van der Waals surface area (Å²) >= 11 is 1.67. The lowest BCUT2D eigenvalue weighted by Gasteiger charge is -2.24. The molecule has 0 amide bonds. The van der Waals surface area contributed by atoms with Crippen LogP contribution in [0.1, 0.15) is 29.9 Å². The zero-order chi connectivity index (χ0) is 23.8. The molecule has 0 unspecified atom stereocenters. The summed E-state index contributed by atoms with van der Waals surface area (Å²) in [5.41, 5.74) is 5.14. The second-order valence-corrected chi connectivity index (χ2v) is 9.74. The minimum Gasteiger partial charge on any atom is -0.496 e. The summed E-state index contributed by atoms with van der Waals surface area (Å²) < 4.78 is 19.5. The highest BCUT2D eigenvalue weighted by Gasteiger charge is 2.29. The lowest BCUT2D eigenvalue weighted by molar-refractivity contribution is 0.396. The van der Waals surface area contributed by atoms with Crippen molar-refractivity contribution in [3.05, 3.63) is 59.5 Å². The van der Waals surface area contributed by atoms with E-state index in [0.29, 0.717) is 0 Å². The summed E-state index contributed by atoms with van der Waals surface area (Å²) in [7, 11) is 3.39. The molecule has 1 aromatic carbocycles. The molecule has 34 heavy (non-hydrogen) atoms. The van der Waals surface area contributed by atoms with Crippen LogP contribution in [0, 0.1) is 19.8 Å². The summed E-state index contributed by atoms with van der Waals surface area (Å²) in [6.07, 6.45) is 4.65. The van der Waals surface area contributed by atoms with Gasteiger partial charge in [-0.3, -0.25) is 0 Å². The predicted octanol–water partition coefficient (Wildman–Crippen LogP) is 6.37. The maximum atomic E-state index is 5.96. The largest absolute Gasteiger partial charge is 0.496 e. The number of fused-ring (bicyclic) bond motifs is 1. The van der Waals surface area contributed by atoms with E-state index in [0.717, 1.165) is 75.1 Å². The molecule has 4 aromatic rings. The van der Waals surface area contributed by atoms with E-state index in [2.05, 4.69) is 35.4 Å². The maximum Gasteiger partial charge on any atom is 0.142 e. The van der Waals surface area contributed by atoms with E-state index in [-0.39, 0.29) is 0 Å². The van der Waals surface area contributed by atoms with Gasteiger partial charge < -0.3 is 18.8 Å². The number of aromatic nitrogens is 2. The standard InChI is InChI=1S/C27H31N3O3S/c1-17-13-23(31-3)25(24(14-17)32-4)21-7-6-8-22-26(27(34-5)28-30(21)22)29(15-19-10-11-19)16-20-12-9-18(2)33-20/h6-9,12-14,19H,10-11,15-16H2,1-5H3. The summed E-state index contributed by atoms with van der Waals surface area (Å²) in [5.74, 6) is 4.18. The van der Waals surface area contributed by atoms with Gasteiger partial charge >= 0.3 is 0 Å². The molecular weight excluding hydrogens is 446 g/mol. The zero-order valence-electron chi connectivity index (χ0n) is 20.4.